The summed E-state index contributed by atoms with van der Waals surface area (Å²) in [5.74, 6) is 0.330. The highest BCUT2D eigenvalue weighted by molar-refractivity contribution is 5.92. The van der Waals surface area contributed by atoms with E-state index in [0.717, 1.165) is 23.7 Å². The number of piperidine rings is 1. The van der Waals surface area contributed by atoms with Gasteiger partial charge in [0, 0.05) is 43.5 Å². The van der Waals surface area contributed by atoms with Crippen molar-refractivity contribution in [3.8, 4) is 0 Å². The lowest BCUT2D eigenvalue weighted by atomic mass is 9.95. The molecule has 7 nitrogen and oxygen atoms in total. The van der Waals surface area contributed by atoms with Gasteiger partial charge in [-0.2, -0.15) is 5.10 Å². The molecule has 148 valence electrons. The molecule has 0 spiro atoms. The van der Waals surface area contributed by atoms with Crippen LogP contribution in [0.5, 0.6) is 0 Å². The first-order chi connectivity index (χ1) is 14.2. The Morgan fingerprint density at radius 2 is 1.86 bits per heavy atom. The number of carbonyl (C=O) groups is 2. The highest BCUT2D eigenvalue weighted by atomic mass is 16.2. The summed E-state index contributed by atoms with van der Waals surface area (Å²) < 4.78 is 1.72. The monoisotopic (exact) mass is 389 g/mol. The summed E-state index contributed by atoms with van der Waals surface area (Å²) >= 11 is 0. The van der Waals surface area contributed by atoms with E-state index in [1.54, 1.807) is 16.9 Å². The van der Waals surface area contributed by atoms with Gasteiger partial charge in [0.25, 0.3) is 5.91 Å². The number of rotatable bonds is 3. The molecule has 0 N–H and O–H groups in total. The van der Waals surface area contributed by atoms with Crippen LogP contribution < -0.4 is 0 Å². The second kappa shape index (κ2) is 7.31. The van der Waals surface area contributed by atoms with Gasteiger partial charge in [0.2, 0.25) is 5.91 Å². The maximum Gasteiger partial charge on any atom is 0.272 e. The molecule has 0 radical (unpaired) electrons. The van der Waals surface area contributed by atoms with E-state index in [1.165, 1.54) is 0 Å². The second-order valence-corrected chi connectivity index (χ2v) is 7.95. The minimum atomic E-state index is -0.0462. The smallest absolute Gasteiger partial charge is 0.272 e. The third-order valence-electron chi connectivity index (χ3n) is 5.96. The van der Waals surface area contributed by atoms with Crippen molar-refractivity contribution < 1.29 is 9.59 Å². The highest BCUT2D eigenvalue weighted by Gasteiger charge is 2.38. The minimum absolute atomic E-state index is 0.0462. The molecule has 5 heterocycles. The van der Waals surface area contributed by atoms with E-state index in [9.17, 15) is 9.59 Å². The molecule has 3 aliphatic heterocycles. The van der Waals surface area contributed by atoms with Crippen LogP contribution in [-0.2, 0) is 11.3 Å². The number of fused-ring (bicyclic) bond motifs is 5. The van der Waals surface area contributed by atoms with Crippen LogP contribution in [0.3, 0.4) is 0 Å². The number of pyridine rings is 1. The van der Waals surface area contributed by atoms with Crippen molar-refractivity contribution in [2.45, 2.75) is 25.4 Å². The topological polar surface area (TPSA) is 71.3 Å². The van der Waals surface area contributed by atoms with E-state index in [0.29, 0.717) is 31.2 Å². The van der Waals surface area contributed by atoms with Gasteiger partial charge < -0.3 is 9.80 Å². The first-order valence-electron chi connectivity index (χ1n) is 10.1. The first kappa shape index (κ1) is 17.8. The molecule has 3 aliphatic rings. The summed E-state index contributed by atoms with van der Waals surface area (Å²) in [4.78, 5) is 34.0. The zero-order chi connectivity index (χ0) is 19.8. The van der Waals surface area contributed by atoms with Gasteiger partial charge in [-0.3, -0.25) is 19.3 Å². The molecular formula is C22H23N5O2. The van der Waals surface area contributed by atoms with E-state index in [-0.39, 0.29) is 24.4 Å². The highest BCUT2D eigenvalue weighted by Crippen LogP contribution is 2.29. The Labute approximate surface area is 168 Å². The van der Waals surface area contributed by atoms with Crippen molar-refractivity contribution in [2.24, 2.45) is 5.92 Å². The summed E-state index contributed by atoms with van der Waals surface area (Å²) in [6, 6.07) is 13.3. The standard InChI is InChI=1S/C22H23N5O2/c28-21(15-26-13-17-5-1-2-6-19(17)24-26)27-12-16-8-9-18(27)14-25(11-16)22(29)20-7-3-4-10-23-20/h1-7,10,13,16,18H,8-9,11-12,14-15H2/t16-,18+/m1/s1. The fourth-order valence-electron chi connectivity index (χ4n) is 4.53. The number of hydrogen-bond donors (Lipinski definition) is 0. The zero-order valence-corrected chi connectivity index (χ0v) is 16.1. The molecule has 3 fully saturated rings. The summed E-state index contributed by atoms with van der Waals surface area (Å²) in [6.45, 7) is 2.18. The Morgan fingerprint density at radius 3 is 2.69 bits per heavy atom. The predicted octanol–water partition coefficient (Wildman–Crippen LogP) is 2.19. The van der Waals surface area contributed by atoms with Gasteiger partial charge in [-0.15, -0.1) is 0 Å². The maximum atomic E-state index is 13.1. The van der Waals surface area contributed by atoms with Crippen molar-refractivity contribution in [1.29, 1.82) is 0 Å². The van der Waals surface area contributed by atoms with Crippen LogP contribution in [0.25, 0.3) is 10.9 Å². The van der Waals surface area contributed by atoms with Gasteiger partial charge >= 0.3 is 0 Å². The average molecular weight is 389 g/mol. The lowest BCUT2D eigenvalue weighted by Crippen LogP contribution is -2.48. The van der Waals surface area contributed by atoms with E-state index in [1.807, 2.05) is 52.4 Å². The van der Waals surface area contributed by atoms with Gasteiger partial charge in [-0.05, 0) is 37.0 Å². The number of hydrogen-bond acceptors (Lipinski definition) is 4. The Morgan fingerprint density at radius 1 is 1.00 bits per heavy atom. The van der Waals surface area contributed by atoms with Gasteiger partial charge in [-0.1, -0.05) is 24.3 Å². The molecule has 1 aromatic carbocycles. The lowest BCUT2D eigenvalue weighted by molar-refractivity contribution is -0.136. The molecule has 7 heteroatoms. The van der Waals surface area contributed by atoms with Crippen molar-refractivity contribution in [1.82, 2.24) is 24.6 Å². The number of carbonyl (C=O) groups excluding carboxylic acids is 2. The number of amides is 2. The molecule has 2 amide bonds. The van der Waals surface area contributed by atoms with E-state index >= 15 is 0 Å². The van der Waals surface area contributed by atoms with Crippen LogP contribution in [0, 0.1) is 5.92 Å². The maximum absolute atomic E-state index is 13.1. The number of nitrogens with zero attached hydrogens (tertiary/aromatic N) is 5. The molecule has 6 rings (SSSR count). The van der Waals surface area contributed by atoms with Crippen molar-refractivity contribution in [3.05, 3.63) is 60.6 Å². The molecule has 3 aromatic rings. The molecule has 29 heavy (non-hydrogen) atoms. The molecule has 0 unspecified atom stereocenters. The third-order valence-corrected chi connectivity index (χ3v) is 5.96. The van der Waals surface area contributed by atoms with E-state index in [4.69, 9.17) is 0 Å². The Balaban J connectivity index is 1.31. The van der Waals surface area contributed by atoms with Crippen LogP contribution >= 0.6 is 0 Å². The largest absolute Gasteiger partial charge is 0.336 e. The summed E-state index contributed by atoms with van der Waals surface area (Å²) in [5.41, 5.74) is 1.36. The van der Waals surface area contributed by atoms with Crippen LogP contribution in [0.15, 0.2) is 54.9 Å². The van der Waals surface area contributed by atoms with Crippen LogP contribution in [0.2, 0.25) is 0 Å². The lowest BCUT2D eigenvalue weighted by Gasteiger charge is -2.36. The van der Waals surface area contributed by atoms with Gasteiger partial charge in [0.1, 0.15) is 12.2 Å². The van der Waals surface area contributed by atoms with Crippen LogP contribution in [-0.4, -0.2) is 62.1 Å². The summed E-state index contributed by atoms with van der Waals surface area (Å²) in [7, 11) is 0. The number of benzene rings is 1. The Kier molecular flexibility index (Phi) is 4.50. The fourth-order valence-corrected chi connectivity index (χ4v) is 4.53. The second-order valence-electron chi connectivity index (χ2n) is 7.95. The third kappa shape index (κ3) is 3.48. The van der Waals surface area contributed by atoms with Crippen molar-refractivity contribution in [2.75, 3.05) is 19.6 Å². The van der Waals surface area contributed by atoms with Crippen molar-refractivity contribution >= 4 is 22.7 Å². The summed E-state index contributed by atoms with van der Waals surface area (Å²) in [6.07, 6.45) is 5.54. The molecule has 2 bridgehead atoms. The zero-order valence-electron chi connectivity index (χ0n) is 16.1. The quantitative estimate of drug-likeness (QED) is 0.689. The molecule has 3 saturated heterocycles. The van der Waals surface area contributed by atoms with E-state index < -0.39 is 0 Å². The molecule has 0 saturated carbocycles. The molecular weight excluding hydrogens is 366 g/mol. The van der Waals surface area contributed by atoms with Crippen LogP contribution in [0.4, 0.5) is 0 Å². The Bertz CT molecular complexity index is 1010. The molecule has 2 aromatic heterocycles. The Hall–Kier alpha value is -3.22. The molecule has 2 atom stereocenters. The van der Waals surface area contributed by atoms with Crippen molar-refractivity contribution in [3.63, 3.8) is 0 Å². The van der Waals surface area contributed by atoms with E-state index in [2.05, 4.69) is 10.1 Å². The number of aromatic nitrogens is 3. The minimum Gasteiger partial charge on any atom is -0.336 e. The predicted molar refractivity (Wildman–Crippen MR) is 108 cm³/mol. The van der Waals surface area contributed by atoms with Gasteiger partial charge in [-0.25, -0.2) is 0 Å². The average Bonchev–Trinajstić information content (AvgIpc) is 2.93. The van der Waals surface area contributed by atoms with Gasteiger partial charge in [0.05, 0.1) is 5.52 Å². The van der Waals surface area contributed by atoms with Crippen LogP contribution in [0.1, 0.15) is 23.3 Å². The fraction of sp³-hybridized carbons (Fsp3) is 0.364. The van der Waals surface area contributed by atoms with Gasteiger partial charge in [0.15, 0.2) is 0 Å². The normalized spacial score (nSPS) is 21.4. The SMILES string of the molecule is O=C(c1ccccn1)N1C[C@H]2CC[C@@H](C1)N(C(=O)Cn1cc3ccccc3n1)C2. The first-order valence-corrected chi connectivity index (χ1v) is 10.1. The summed E-state index contributed by atoms with van der Waals surface area (Å²) in [5, 5.41) is 5.54. The molecule has 0 aliphatic carbocycles.